The number of aliphatic hydroxyl groups excluding tert-OH is 1. The van der Waals surface area contributed by atoms with Gasteiger partial charge in [-0.2, -0.15) is 0 Å². The third kappa shape index (κ3) is 3.89. The van der Waals surface area contributed by atoms with Crippen LogP contribution in [-0.2, 0) is 6.54 Å². The molecule has 0 saturated heterocycles. The van der Waals surface area contributed by atoms with E-state index in [1.54, 1.807) is 14.2 Å². The lowest BCUT2D eigenvalue weighted by Crippen LogP contribution is -2.51. The smallest absolute Gasteiger partial charge is 0.127 e. The Morgan fingerprint density at radius 2 is 2.14 bits per heavy atom. The minimum absolute atomic E-state index is 0.150. The summed E-state index contributed by atoms with van der Waals surface area (Å²) in [5.74, 6) is 2.27. The first-order valence-electron chi connectivity index (χ1n) is 7.69. The summed E-state index contributed by atoms with van der Waals surface area (Å²) in [6.45, 7) is 3.15. The maximum absolute atomic E-state index is 9.83. The van der Waals surface area contributed by atoms with Gasteiger partial charge in [-0.15, -0.1) is 0 Å². The Morgan fingerprint density at radius 1 is 1.33 bits per heavy atom. The van der Waals surface area contributed by atoms with Gasteiger partial charge in [0.15, 0.2) is 0 Å². The molecule has 0 radical (unpaired) electrons. The average molecular weight is 293 g/mol. The monoisotopic (exact) mass is 293 g/mol. The van der Waals surface area contributed by atoms with Crippen molar-refractivity contribution in [1.82, 2.24) is 5.32 Å². The normalized spacial score (nSPS) is 25.6. The third-order valence-corrected chi connectivity index (χ3v) is 4.54. The van der Waals surface area contributed by atoms with Crippen LogP contribution in [0.1, 0.15) is 38.2 Å². The minimum atomic E-state index is -0.150. The van der Waals surface area contributed by atoms with Crippen molar-refractivity contribution in [2.75, 3.05) is 20.8 Å². The number of hydrogen-bond donors (Lipinski definition) is 2. The van der Waals surface area contributed by atoms with Gasteiger partial charge in [0, 0.05) is 23.7 Å². The van der Waals surface area contributed by atoms with Crippen molar-refractivity contribution in [3.05, 3.63) is 23.8 Å². The topological polar surface area (TPSA) is 50.7 Å². The van der Waals surface area contributed by atoms with E-state index in [9.17, 15) is 5.11 Å². The Kier molecular flexibility index (Phi) is 5.48. The number of benzene rings is 1. The third-order valence-electron chi connectivity index (χ3n) is 4.54. The van der Waals surface area contributed by atoms with Crippen LogP contribution in [0, 0.1) is 5.92 Å². The highest BCUT2D eigenvalue weighted by molar-refractivity contribution is 5.40. The quantitative estimate of drug-likeness (QED) is 0.847. The first-order chi connectivity index (χ1) is 10.1. The van der Waals surface area contributed by atoms with Gasteiger partial charge >= 0.3 is 0 Å². The molecule has 4 nitrogen and oxygen atoms in total. The molecule has 0 heterocycles. The average Bonchev–Trinajstić information content (AvgIpc) is 2.52. The second-order valence-electron chi connectivity index (χ2n) is 6.17. The van der Waals surface area contributed by atoms with Crippen LogP contribution < -0.4 is 14.8 Å². The van der Waals surface area contributed by atoms with E-state index in [0.717, 1.165) is 29.9 Å². The Balaban J connectivity index is 2.07. The molecule has 1 saturated carbocycles. The molecular weight excluding hydrogens is 266 g/mol. The van der Waals surface area contributed by atoms with Crippen LogP contribution in [0.4, 0.5) is 0 Å². The minimum Gasteiger partial charge on any atom is -0.497 e. The van der Waals surface area contributed by atoms with E-state index in [4.69, 9.17) is 9.47 Å². The fraction of sp³-hybridized carbons (Fsp3) is 0.647. The van der Waals surface area contributed by atoms with E-state index >= 15 is 0 Å². The van der Waals surface area contributed by atoms with Crippen molar-refractivity contribution < 1.29 is 14.6 Å². The van der Waals surface area contributed by atoms with E-state index < -0.39 is 0 Å². The molecule has 4 heteroatoms. The van der Waals surface area contributed by atoms with Gasteiger partial charge in [-0.3, -0.25) is 0 Å². The second-order valence-corrected chi connectivity index (χ2v) is 6.17. The largest absolute Gasteiger partial charge is 0.497 e. The van der Waals surface area contributed by atoms with Gasteiger partial charge in [0.1, 0.15) is 11.5 Å². The predicted octanol–water partition coefficient (Wildman–Crippen LogP) is 2.73. The van der Waals surface area contributed by atoms with E-state index in [0.29, 0.717) is 12.5 Å². The molecular formula is C17H27NO3. The van der Waals surface area contributed by atoms with E-state index in [1.807, 2.05) is 18.2 Å². The number of methoxy groups -OCH3 is 2. The lowest BCUT2D eigenvalue weighted by molar-refractivity contribution is 0.0980. The summed E-state index contributed by atoms with van der Waals surface area (Å²) in [4.78, 5) is 0. The van der Waals surface area contributed by atoms with E-state index in [1.165, 1.54) is 12.8 Å². The summed E-state index contributed by atoms with van der Waals surface area (Å²) in [7, 11) is 3.32. The standard InChI is InChI=1S/C17H27NO3/c1-13-5-4-8-17(10-13,12-19)18-11-14-6-7-15(20-2)9-16(14)21-3/h6-7,9,13,18-19H,4-5,8,10-12H2,1-3H3. The number of nitrogens with one attached hydrogen (secondary N) is 1. The molecule has 2 atom stereocenters. The molecule has 0 bridgehead atoms. The zero-order valence-electron chi connectivity index (χ0n) is 13.3. The molecule has 0 amide bonds. The maximum atomic E-state index is 9.83. The fourth-order valence-corrected chi connectivity index (χ4v) is 3.30. The molecule has 1 aliphatic rings. The van der Waals surface area contributed by atoms with Crippen molar-refractivity contribution in [3.63, 3.8) is 0 Å². The molecule has 2 unspecified atom stereocenters. The van der Waals surface area contributed by atoms with Crippen molar-refractivity contribution in [2.24, 2.45) is 5.92 Å². The molecule has 1 aromatic rings. The zero-order chi connectivity index (χ0) is 15.3. The highest BCUT2D eigenvalue weighted by Crippen LogP contribution is 2.33. The summed E-state index contributed by atoms with van der Waals surface area (Å²) < 4.78 is 10.7. The molecule has 0 spiro atoms. The van der Waals surface area contributed by atoms with Gasteiger partial charge in [-0.05, 0) is 24.8 Å². The summed E-state index contributed by atoms with van der Waals surface area (Å²) in [5.41, 5.74) is 0.937. The first kappa shape index (κ1) is 16.1. The summed E-state index contributed by atoms with van der Waals surface area (Å²) in [6, 6.07) is 5.85. The number of ether oxygens (including phenoxy) is 2. The van der Waals surface area contributed by atoms with Crippen LogP contribution in [0.5, 0.6) is 11.5 Å². The fourth-order valence-electron chi connectivity index (χ4n) is 3.30. The molecule has 21 heavy (non-hydrogen) atoms. The lowest BCUT2D eigenvalue weighted by Gasteiger charge is -2.39. The van der Waals surface area contributed by atoms with Gasteiger partial charge in [-0.25, -0.2) is 0 Å². The summed E-state index contributed by atoms with van der Waals surface area (Å²) >= 11 is 0. The van der Waals surface area contributed by atoms with Crippen LogP contribution in [-0.4, -0.2) is 31.5 Å². The van der Waals surface area contributed by atoms with Crippen LogP contribution in [0.3, 0.4) is 0 Å². The molecule has 0 aliphatic heterocycles. The molecule has 1 aliphatic carbocycles. The van der Waals surface area contributed by atoms with Gasteiger partial charge < -0.3 is 19.9 Å². The maximum Gasteiger partial charge on any atom is 0.127 e. The van der Waals surface area contributed by atoms with Gasteiger partial charge in [-0.1, -0.05) is 25.8 Å². The zero-order valence-corrected chi connectivity index (χ0v) is 13.3. The lowest BCUT2D eigenvalue weighted by atomic mass is 9.76. The van der Waals surface area contributed by atoms with Crippen LogP contribution in [0.15, 0.2) is 18.2 Å². The molecule has 118 valence electrons. The molecule has 0 aromatic heterocycles. The molecule has 2 N–H and O–H groups in total. The molecule has 1 aromatic carbocycles. The Hall–Kier alpha value is -1.26. The van der Waals surface area contributed by atoms with Crippen LogP contribution in [0.2, 0.25) is 0 Å². The molecule has 2 rings (SSSR count). The number of hydrogen-bond acceptors (Lipinski definition) is 4. The van der Waals surface area contributed by atoms with Crippen molar-refractivity contribution in [2.45, 2.75) is 44.7 Å². The number of rotatable bonds is 6. The highest BCUT2D eigenvalue weighted by Gasteiger charge is 2.33. The summed E-state index contributed by atoms with van der Waals surface area (Å²) in [5, 5.41) is 13.4. The van der Waals surface area contributed by atoms with Gasteiger partial charge in [0.25, 0.3) is 0 Å². The summed E-state index contributed by atoms with van der Waals surface area (Å²) in [6.07, 6.45) is 4.50. The second kappa shape index (κ2) is 7.14. The van der Waals surface area contributed by atoms with Crippen molar-refractivity contribution in [3.8, 4) is 11.5 Å². The van der Waals surface area contributed by atoms with E-state index in [2.05, 4.69) is 12.2 Å². The first-order valence-corrected chi connectivity index (χ1v) is 7.69. The Bertz CT molecular complexity index is 463. The van der Waals surface area contributed by atoms with E-state index in [-0.39, 0.29) is 12.1 Å². The Labute approximate surface area is 127 Å². The molecule has 1 fully saturated rings. The highest BCUT2D eigenvalue weighted by atomic mass is 16.5. The van der Waals surface area contributed by atoms with Crippen LogP contribution in [0.25, 0.3) is 0 Å². The Morgan fingerprint density at radius 3 is 2.76 bits per heavy atom. The van der Waals surface area contributed by atoms with Gasteiger partial charge in [0.05, 0.1) is 20.8 Å². The van der Waals surface area contributed by atoms with Crippen LogP contribution >= 0.6 is 0 Å². The number of aliphatic hydroxyl groups is 1. The SMILES string of the molecule is COc1ccc(CNC2(CO)CCCC(C)C2)c(OC)c1. The predicted molar refractivity (Wildman–Crippen MR) is 83.8 cm³/mol. The van der Waals surface area contributed by atoms with Crippen molar-refractivity contribution >= 4 is 0 Å². The van der Waals surface area contributed by atoms with Gasteiger partial charge in [0.2, 0.25) is 0 Å². The van der Waals surface area contributed by atoms with Crippen molar-refractivity contribution in [1.29, 1.82) is 0 Å².